The first kappa shape index (κ1) is 27.2. The highest BCUT2D eigenvalue weighted by atomic mass is 16.4. The van der Waals surface area contributed by atoms with Crippen molar-refractivity contribution in [1.82, 2.24) is 25.5 Å². The Kier molecular flexibility index (Phi) is 9.69. The second-order valence-electron chi connectivity index (χ2n) is 8.21. The zero-order valence-corrected chi connectivity index (χ0v) is 18.9. The van der Waals surface area contributed by atoms with E-state index in [9.17, 15) is 33.9 Å². The molecule has 2 rings (SSSR count). The minimum atomic E-state index is -1.44. The fourth-order valence-electron chi connectivity index (χ4n) is 3.69. The molecule has 15 nitrogen and oxygen atoms in total. The van der Waals surface area contributed by atoms with Crippen LogP contribution < -0.4 is 27.8 Å². The first-order valence-corrected chi connectivity index (χ1v) is 10.9. The molecule has 1 aromatic heterocycles. The standard InChI is InChI=1S/C20H30N8O7/c21-11(3-4-15(22)29)17(31)26-12(6-10-8-24-9-25-10)18(32)27-13(7-16(23)30)19(33)28-5-1-2-14(28)20(34)35/h8-9,11-14H,1-7,21H2,(H2,22,29)(H2,23,30)(H,24,25)(H,26,31)(H,27,32)(H,34,35)/t11-,12-,13-,14-/m0/s1. The molecule has 10 N–H and O–H groups in total. The van der Waals surface area contributed by atoms with Crippen LogP contribution in [0.3, 0.4) is 0 Å². The largest absolute Gasteiger partial charge is 0.480 e. The van der Waals surface area contributed by atoms with Crippen molar-refractivity contribution in [3.05, 3.63) is 18.2 Å². The molecule has 15 heteroatoms. The Morgan fingerprint density at radius 3 is 2.37 bits per heavy atom. The topological polar surface area (TPSA) is 257 Å². The van der Waals surface area contributed by atoms with E-state index in [2.05, 4.69) is 20.6 Å². The summed E-state index contributed by atoms with van der Waals surface area (Å²) in [5.74, 6) is -5.08. The van der Waals surface area contributed by atoms with Gasteiger partial charge in [-0.15, -0.1) is 0 Å². The highest BCUT2D eigenvalue weighted by molar-refractivity contribution is 5.96. The van der Waals surface area contributed by atoms with Gasteiger partial charge in [-0.2, -0.15) is 0 Å². The summed E-state index contributed by atoms with van der Waals surface area (Å²) in [6.07, 6.45) is 2.64. The molecule has 2 heterocycles. The van der Waals surface area contributed by atoms with Crippen molar-refractivity contribution in [3.8, 4) is 0 Å². The number of nitrogens with two attached hydrogens (primary N) is 3. The van der Waals surface area contributed by atoms with Crippen molar-refractivity contribution in [1.29, 1.82) is 0 Å². The first-order valence-electron chi connectivity index (χ1n) is 10.9. The second kappa shape index (κ2) is 12.5. The quantitative estimate of drug-likeness (QED) is 0.143. The van der Waals surface area contributed by atoms with Crippen LogP contribution in [0, 0.1) is 0 Å². The second-order valence-corrected chi connectivity index (χ2v) is 8.21. The smallest absolute Gasteiger partial charge is 0.326 e. The Labute approximate surface area is 200 Å². The third kappa shape index (κ3) is 8.06. The molecule has 5 amide bonds. The van der Waals surface area contributed by atoms with Crippen LogP contribution in [0.1, 0.15) is 37.8 Å². The Morgan fingerprint density at radius 2 is 1.80 bits per heavy atom. The van der Waals surface area contributed by atoms with Crippen molar-refractivity contribution in [2.75, 3.05) is 6.54 Å². The molecule has 1 aliphatic heterocycles. The van der Waals surface area contributed by atoms with Gasteiger partial charge < -0.3 is 42.8 Å². The third-order valence-corrected chi connectivity index (χ3v) is 5.49. The lowest BCUT2D eigenvalue weighted by atomic mass is 10.1. The van der Waals surface area contributed by atoms with Crippen LogP contribution in [0.25, 0.3) is 0 Å². The van der Waals surface area contributed by atoms with Gasteiger partial charge >= 0.3 is 5.97 Å². The number of imidazole rings is 1. The number of aliphatic carboxylic acids is 1. The van der Waals surface area contributed by atoms with Crippen LogP contribution >= 0.6 is 0 Å². The summed E-state index contributed by atoms with van der Waals surface area (Å²) in [7, 11) is 0. The minimum absolute atomic E-state index is 0.0477. The number of carboxylic acid groups (broad SMARTS) is 1. The number of rotatable bonds is 13. The van der Waals surface area contributed by atoms with Gasteiger partial charge in [-0.3, -0.25) is 24.0 Å². The minimum Gasteiger partial charge on any atom is -0.480 e. The van der Waals surface area contributed by atoms with E-state index in [1.807, 2.05) is 0 Å². The molecule has 0 bridgehead atoms. The summed E-state index contributed by atoms with van der Waals surface area (Å²) in [5, 5.41) is 14.2. The summed E-state index contributed by atoms with van der Waals surface area (Å²) in [4.78, 5) is 80.4. The Bertz CT molecular complexity index is 951. The summed E-state index contributed by atoms with van der Waals surface area (Å²) < 4.78 is 0. The van der Waals surface area contributed by atoms with Gasteiger partial charge in [-0.05, 0) is 19.3 Å². The zero-order valence-electron chi connectivity index (χ0n) is 18.9. The molecular weight excluding hydrogens is 464 g/mol. The van der Waals surface area contributed by atoms with E-state index in [1.165, 1.54) is 12.5 Å². The molecule has 1 saturated heterocycles. The van der Waals surface area contributed by atoms with E-state index in [1.54, 1.807) is 0 Å². The summed E-state index contributed by atoms with van der Waals surface area (Å²) in [6, 6.07) is -4.91. The van der Waals surface area contributed by atoms with E-state index in [0.29, 0.717) is 12.1 Å². The number of carbonyl (C=O) groups is 6. The normalized spacial score (nSPS) is 17.7. The fraction of sp³-hybridized carbons (Fsp3) is 0.550. The highest BCUT2D eigenvalue weighted by Gasteiger charge is 2.39. The van der Waals surface area contributed by atoms with E-state index >= 15 is 0 Å². The number of hydrogen-bond donors (Lipinski definition) is 7. The number of H-pyrrole nitrogens is 1. The van der Waals surface area contributed by atoms with Crippen LogP contribution in [-0.2, 0) is 35.2 Å². The van der Waals surface area contributed by atoms with E-state index in [4.69, 9.17) is 17.2 Å². The van der Waals surface area contributed by atoms with E-state index in [-0.39, 0.29) is 32.2 Å². The van der Waals surface area contributed by atoms with Crippen LogP contribution in [0.15, 0.2) is 12.5 Å². The molecule has 0 spiro atoms. The van der Waals surface area contributed by atoms with Gasteiger partial charge in [-0.25, -0.2) is 9.78 Å². The van der Waals surface area contributed by atoms with Gasteiger partial charge in [0.15, 0.2) is 0 Å². The van der Waals surface area contributed by atoms with Gasteiger partial charge in [0.2, 0.25) is 29.5 Å². The maximum Gasteiger partial charge on any atom is 0.326 e. The molecule has 1 aliphatic rings. The maximum absolute atomic E-state index is 13.1. The molecule has 1 aromatic rings. The third-order valence-electron chi connectivity index (χ3n) is 5.49. The van der Waals surface area contributed by atoms with Crippen LogP contribution in [0.2, 0.25) is 0 Å². The van der Waals surface area contributed by atoms with E-state index in [0.717, 1.165) is 4.90 Å². The summed E-state index contributed by atoms with van der Waals surface area (Å²) in [6.45, 7) is 0.143. The van der Waals surface area contributed by atoms with Crippen molar-refractivity contribution >= 4 is 35.5 Å². The Hall–Kier alpha value is -4.01. The van der Waals surface area contributed by atoms with Crippen molar-refractivity contribution in [2.24, 2.45) is 17.2 Å². The average molecular weight is 495 g/mol. The molecule has 1 fully saturated rings. The van der Waals surface area contributed by atoms with Crippen molar-refractivity contribution in [2.45, 2.75) is 62.7 Å². The molecule has 192 valence electrons. The summed E-state index contributed by atoms with van der Waals surface area (Å²) >= 11 is 0. The number of aromatic amines is 1. The summed E-state index contributed by atoms with van der Waals surface area (Å²) in [5.41, 5.74) is 16.6. The number of amides is 5. The van der Waals surface area contributed by atoms with Crippen molar-refractivity contribution < 1.29 is 33.9 Å². The van der Waals surface area contributed by atoms with Crippen LogP contribution in [-0.4, -0.2) is 86.2 Å². The van der Waals surface area contributed by atoms with Crippen molar-refractivity contribution in [3.63, 3.8) is 0 Å². The zero-order chi connectivity index (χ0) is 26.1. The van der Waals surface area contributed by atoms with Gasteiger partial charge in [-0.1, -0.05) is 0 Å². The number of nitrogens with one attached hydrogen (secondary N) is 3. The lowest BCUT2D eigenvalue weighted by Crippen LogP contribution is -2.58. The predicted molar refractivity (Wildman–Crippen MR) is 119 cm³/mol. The Morgan fingerprint density at radius 1 is 1.11 bits per heavy atom. The van der Waals surface area contributed by atoms with Crippen LogP contribution in [0.5, 0.6) is 0 Å². The molecule has 0 radical (unpaired) electrons. The van der Waals surface area contributed by atoms with Gasteiger partial charge in [0.25, 0.3) is 0 Å². The molecular formula is C20H30N8O7. The molecule has 0 aromatic carbocycles. The molecule has 0 saturated carbocycles. The molecule has 0 unspecified atom stereocenters. The number of hydrogen-bond acceptors (Lipinski definition) is 8. The lowest BCUT2D eigenvalue weighted by molar-refractivity contribution is -0.149. The fourth-order valence-corrected chi connectivity index (χ4v) is 3.69. The lowest BCUT2D eigenvalue weighted by Gasteiger charge is -2.28. The number of nitrogens with zero attached hydrogens (tertiary/aromatic N) is 2. The average Bonchev–Trinajstić information content (AvgIpc) is 3.47. The monoisotopic (exact) mass is 494 g/mol. The predicted octanol–water partition coefficient (Wildman–Crippen LogP) is -3.53. The number of primary amides is 2. The number of carbonyl (C=O) groups excluding carboxylic acids is 5. The Balaban J connectivity index is 2.19. The SMILES string of the molecule is NC(=O)CC[C@H](N)C(=O)N[C@@H](Cc1cnc[nH]1)C(=O)N[C@@H](CC(N)=O)C(=O)N1CCC[C@H]1C(=O)O. The van der Waals surface area contributed by atoms with Gasteiger partial charge in [0.05, 0.1) is 18.8 Å². The highest BCUT2D eigenvalue weighted by Crippen LogP contribution is 2.19. The molecule has 4 atom stereocenters. The van der Waals surface area contributed by atoms with E-state index < -0.39 is 66.1 Å². The van der Waals surface area contributed by atoms with Gasteiger partial charge in [0, 0.05) is 31.3 Å². The molecule has 0 aliphatic carbocycles. The molecule has 35 heavy (non-hydrogen) atoms. The first-order chi connectivity index (χ1) is 16.5. The van der Waals surface area contributed by atoms with Crippen LogP contribution in [0.4, 0.5) is 0 Å². The number of likely N-dealkylation sites (tertiary alicyclic amines) is 1. The maximum atomic E-state index is 13.1. The number of aromatic nitrogens is 2. The van der Waals surface area contributed by atoms with Gasteiger partial charge in [0.1, 0.15) is 18.1 Å². The number of carboxylic acids is 1.